The molecule has 0 aliphatic heterocycles. The van der Waals surface area contributed by atoms with Crippen LogP contribution >= 0.6 is 11.3 Å². The lowest BCUT2D eigenvalue weighted by Gasteiger charge is -2.12. The standard InChI is InChI=1S/C14H15N3OS/c1-8(2)12-16-13-11(14(18)17(12)7-6-15)9-4-3-5-10(9)19-13/h8H,3-5,7H2,1-2H3. The molecule has 0 radical (unpaired) electrons. The van der Waals surface area contributed by atoms with E-state index in [2.05, 4.69) is 11.1 Å². The topological polar surface area (TPSA) is 58.7 Å². The molecule has 19 heavy (non-hydrogen) atoms. The van der Waals surface area contributed by atoms with Crippen LogP contribution in [0.5, 0.6) is 0 Å². The maximum absolute atomic E-state index is 12.6. The molecule has 2 aromatic rings. The smallest absolute Gasteiger partial charge is 0.263 e. The maximum Gasteiger partial charge on any atom is 0.263 e. The molecule has 2 aromatic heterocycles. The molecule has 0 unspecified atom stereocenters. The Balaban J connectivity index is 2.38. The third-order valence-electron chi connectivity index (χ3n) is 3.60. The van der Waals surface area contributed by atoms with E-state index in [0.29, 0.717) is 0 Å². The Morgan fingerprint density at radius 1 is 1.47 bits per heavy atom. The second-order valence-corrected chi connectivity index (χ2v) is 6.30. The van der Waals surface area contributed by atoms with E-state index in [9.17, 15) is 4.79 Å². The normalized spacial score (nSPS) is 14.0. The summed E-state index contributed by atoms with van der Waals surface area (Å²) in [4.78, 5) is 19.5. The lowest BCUT2D eigenvalue weighted by molar-refractivity contribution is 0.648. The van der Waals surface area contributed by atoms with E-state index in [4.69, 9.17) is 5.26 Å². The summed E-state index contributed by atoms with van der Waals surface area (Å²) >= 11 is 1.65. The number of nitriles is 1. The quantitative estimate of drug-likeness (QED) is 0.845. The van der Waals surface area contributed by atoms with Gasteiger partial charge in [0.1, 0.15) is 17.2 Å². The fourth-order valence-electron chi connectivity index (χ4n) is 2.76. The van der Waals surface area contributed by atoms with Crippen LogP contribution in [-0.4, -0.2) is 9.55 Å². The molecular weight excluding hydrogens is 258 g/mol. The highest BCUT2D eigenvalue weighted by Gasteiger charge is 2.23. The number of nitrogens with zero attached hydrogens (tertiary/aromatic N) is 3. The first-order valence-electron chi connectivity index (χ1n) is 6.55. The summed E-state index contributed by atoms with van der Waals surface area (Å²) in [5.74, 6) is 0.862. The highest BCUT2D eigenvalue weighted by Crippen LogP contribution is 2.35. The molecule has 0 saturated heterocycles. The Morgan fingerprint density at radius 3 is 2.95 bits per heavy atom. The third kappa shape index (κ3) is 1.79. The lowest BCUT2D eigenvalue weighted by Crippen LogP contribution is -2.25. The van der Waals surface area contributed by atoms with Gasteiger partial charge in [0, 0.05) is 10.8 Å². The molecule has 0 aromatic carbocycles. The van der Waals surface area contributed by atoms with Crippen LogP contribution in [0.4, 0.5) is 0 Å². The minimum absolute atomic E-state index is 0.0327. The van der Waals surface area contributed by atoms with Crippen molar-refractivity contribution in [1.29, 1.82) is 5.26 Å². The molecule has 0 atom stereocenters. The Labute approximate surface area is 115 Å². The van der Waals surface area contributed by atoms with Crippen LogP contribution in [0.2, 0.25) is 0 Å². The van der Waals surface area contributed by atoms with Crippen molar-refractivity contribution >= 4 is 21.6 Å². The van der Waals surface area contributed by atoms with Crippen molar-refractivity contribution in [3.63, 3.8) is 0 Å². The first-order chi connectivity index (χ1) is 9.13. The van der Waals surface area contributed by atoms with Crippen molar-refractivity contribution in [3.8, 4) is 6.07 Å². The summed E-state index contributed by atoms with van der Waals surface area (Å²) in [7, 11) is 0. The van der Waals surface area contributed by atoms with E-state index >= 15 is 0 Å². The number of hydrogen-bond donors (Lipinski definition) is 0. The van der Waals surface area contributed by atoms with Crippen LogP contribution in [0.15, 0.2) is 4.79 Å². The van der Waals surface area contributed by atoms with Gasteiger partial charge in [0.2, 0.25) is 0 Å². The van der Waals surface area contributed by atoms with Gasteiger partial charge in [-0.2, -0.15) is 5.26 Å². The number of rotatable bonds is 2. The van der Waals surface area contributed by atoms with Crippen molar-refractivity contribution in [3.05, 3.63) is 26.6 Å². The van der Waals surface area contributed by atoms with Crippen LogP contribution < -0.4 is 5.56 Å². The predicted octanol–water partition coefficient (Wildman–Crippen LogP) is 2.59. The number of hydrogen-bond acceptors (Lipinski definition) is 4. The summed E-state index contributed by atoms with van der Waals surface area (Å²) in [6.45, 7) is 4.09. The first kappa shape index (κ1) is 12.4. The largest absolute Gasteiger partial charge is 0.282 e. The van der Waals surface area contributed by atoms with Gasteiger partial charge in [0.25, 0.3) is 5.56 Å². The summed E-state index contributed by atoms with van der Waals surface area (Å²) in [5.41, 5.74) is 1.15. The van der Waals surface area contributed by atoms with Crippen molar-refractivity contribution in [2.75, 3.05) is 0 Å². The van der Waals surface area contributed by atoms with E-state index in [-0.39, 0.29) is 18.0 Å². The SMILES string of the molecule is CC(C)c1nc2sc3c(c2c(=O)n1CC#N)CCC3. The molecule has 0 fully saturated rings. The molecule has 0 spiro atoms. The zero-order chi connectivity index (χ0) is 13.6. The van der Waals surface area contributed by atoms with Gasteiger partial charge in [0.05, 0.1) is 11.5 Å². The Hall–Kier alpha value is -1.67. The Kier molecular flexibility index (Phi) is 2.90. The number of fused-ring (bicyclic) bond motifs is 3. The third-order valence-corrected chi connectivity index (χ3v) is 4.79. The van der Waals surface area contributed by atoms with Gasteiger partial charge < -0.3 is 0 Å². The predicted molar refractivity (Wildman–Crippen MR) is 75.6 cm³/mol. The zero-order valence-electron chi connectivity index (χ0n) is 11.1. The molecule has 0 saturated carbocycles. The minimum atomic E-state index is -0.0327. The molecule has 5 heteroatoms. The van der Waals surface area contributed by atoms with Gasteiger partial charge in [-0.15, -0.1) is 11.3 Å². The molecule has 4 nitrogen and oxygen atoms in total. The Bertz CT molecular complexity index is 749. The molecular formula is C14H15N3OS. The molecule has 0 amide bonds. The van der Waals surface area contributed by atoms with E-state index in [0.717, 1.165) is 35.3 Å². The van der Waals surface area contributed by atoms with Gasteiger partial charge in [-0.05, 0) is 24.8 Å². The van der Waals surface area contributed by atoms with E-state index in [1.54, 1.807) is 15.9 Å². The van der Waals surface area contributed by atoms with Crippen LogP contribution in [0.25, 0.3) is 10.2 Å². The van der Waals surface area contributed by atoms with Crippen molar-refractivity contribution in [1.82, 2.24) is 9.55 Å². The number of aryl methyl sites for hydroxylation is 2. The number of thiophene rings is 1. The van der Waals surface area contributed by atoms with Crippen molar-refractivity contribution in [2.45, 2.75) is 45.6 Å². The fourth-order valence-corrected chi connectivity index (χ4v) is 4.02. The average molecular weight is 273 g/mol. The van der Waals surface area contributed by atoms with E-state index in [1.807, 2.05) is 13.8 Å². The lowest BCUT2D eigenvalue weighted by atomic mass is 10.1. The molecule has 1 aliphatic carbocycles. The molecule has 0 N–H and O–H groups in total. The molecule has 1 aliphatic rings. The van der Waals surface area contributed by atoms with Gasteiger partial charge >= 0.3 is 0 Å². The highest BCUT2D eigenvalue weighted by atomic mass is 32.1. The van der Waals surface area contributed by atoms with Crippen molar-refractivity contribution < 1.29 is 0 Å². The fraction of sp³-hybridized carbons (Fsp3) is 0.500. The molecule has 2 heterocycles. The monoisotopic (exact) mass is 273 g/mol. The van der Waals surface area contributed by atoms with E-state index in [1.165, 1.54) is 10.4 Å². The highest BCUT2D eigenvalue weighted by molar-refractivity contribution is 7.18. The Morgan fingerprint density at radius 2 is 2.26 bits per heavy atom. The summed E-state index contributed by atoms with van der Waals surface area (Å²) in [6, 6.07) is 2.07. The van der Waals surface area contributed by atoms with Crippen LogP contribution in [0.1, 0.15) is 42.5 Å². The van der Waals surface area contributed by atoms with Crippen molar-refractivity contribution in [2.24, 2.45) is 0 Å². The first-order valence-corrected chi connectivity index (χ1v) is 7.37. The van der Waals surface area contributed by atoms with Gasteiger partial charge in [-0.3, -0.25) is 9.36 Å². The summed E-state index contributed by atoms with van der Waals surface area (Å²) in [5, 5.41) is 9.69. The van der Waals surface area contributed by atoms with Crippen LogP contribution in [0.3, 0.4) is 0 Å². The average Bonchev–Trinajstić information content (AvgIpc) is 2.91. The second-order valence-electron chi connectivity index (χ2n) is 5.21. The second kappa shape index (κ2) is 4.46. The molecule has 0 bridgehead atoms. The maximum atomic E-state index is 12.6. The van der Waals surface area contributed by atoms with Gasteiger partial charge in [0.15, 0.2) is 0 Å². The van der Waals surface area contributed by atoms with Gasteiger partial charge in [-0.1, -0.05) is 13.8 Å². The van der Waals surface area contributed by atoms with E-state index < -0.39 is 0 Å². The minimum Gasteiger partial charge on any atom is -0.282 e. The van der Waals surface area contributed by atoms with Crippen LogP contribution in [-0.2, 0) is 19.4 Å². The number of aromatic nitrogens is 2. The van der Waals surface area contributed by atoms with Gasteiger partial charge in [-0.25, -0.2) is 4.98 Å². The van der Waals surface area contributed by atoms with Crippen LogP contribution in [0, 0.1) is 11.3 Å². The molecule has 98 valence electrons. The summed E-state index contributed by atoms with van der Waals surface area (Å²) in [6.07, 6.45) is 3.16. The molecule has 3 rings (SSSR count). The zero-order valence-corrected chi connectivity index (χ0v) is 11.9. The summed E-state index contributed by atoms with van der Waals surface area (Å²) < 4.78 is 1.54.